The fourth-order valence-corrected chi connectivity index (χ4v) is 2.39. The molecule has 0 bridgehead atoms. The van der Waals surface area contributed by atoms with Gasteiger partial charge in [0.05, 0.1) is 5.69 Å². The number of rotatable bonds is 2. The zero-order valence-corrected chi connectivity index (χ0v) is 11.7. The molecule has 0 saturated carbocycles. The Morgan fingerprint density at radius 1 is 1.05 bits per heavy atom. The highest BCUT2D eigenvalue weighted by molar-refractivity contribution is 5.40. The number of aromatic nitrogens is 5. The van der Waals surface area contributed by atoms with Gasteiger partial charge < -0.3 is 10.6 Å². The first-order valence-corrected chi connectivity index (χ1v) is 7.02. The molecule has 2 aromatic rings. The third kappa shape index (κ3) is 2.56. The SMILES string of the molecule is Cc1ccc(-n2nc(N3CCCCCC3)nc2N)nn1. The van der Waals surface area contributed by atoms with Gasteiger partial charge in [-0.25, -0.2) is 0 Å². The second-order valence-electron chi connectivity index (χ2n) is 5.12. The Kier molecular flexibility index (Phi) is 3.49. The summed E-state index contributed by atoms with van der Waals surface area (Å²) >= 11 is 0. The number of nitrogens with two attached hydrogens (primary N) is 1. The summed E-state index contributed by atoms with van der Waals surface area (Å²) in [6, 6.07) is 3.73. The van der Waals surface area contributed by atoms with E-state index in [0.717, 1.165) is 18.8 Å². The topological polar surface area (TPSA) is 85.8 Å². The Hall–Kier alpha value is -2.18. The highest BCUT2D eigenvalue weighted by Crippen LogP contribution is 2.18. The summed E-state index contributed by atoms with van der Waals surface area (Å²) in [6.07, 6.45) is 4.91. The maximum Gasteiger partial charge on any atom is 0.247 e. The molecule has 3 heterocycles. The van der Waals surface area contributed by atoms with Crippen molar-refractivity contribution in [2.24, 2.45) is 0 Å². The van der Waals surface area contributed by atoms with E-state index < -0.39 is 0 Å². The van der Waals surface area contributed by atoms with Crippen molar-refractivity contribution in [1.82, 2.24) is 25.0 Å². The molecule has 106 valence electrons. The monoisotopic (exact) mass is 273 g/mol. The molecule has 1 aliphatic heterocycles. The van der Waals surface area contributed by atoms with E-state index in [2.05, 4.69) is 25.2 Å². The summed E-state index contributed by atoms with van der Waals surface area (Å²) in [7, 11) is 0. The second kappa shape index (κ2) is 5.44. The molecular weight excluding hydrogens is 254 g/mol. The number of aryl methyl sites for hydroxylation is 1. The van der Waals surface area contributed by atoms with Crippen molar-refractivity contribution in [3.63, 3.8) is 0 Å². The van der Waals surface area contributed by atoms with Gasteiger partial charge in [0.2, 0.25) is 11.9 Å². The standard InChI is InChI=1S/C13H19N7/c1-10-6-7-11(17-16-10)20-12(14)15-13(18-20)19-8-4-2-3-5-9-19/h6-7H,2-5,8-9H2,1H3,(H2,14,15,18). The number of hydrogen-bond acceptors (Lipinski definition) is 6. The Labute approximate surface area is 117 Å². The van der Waals surface area contributed by atoms with Gasteiger partial charge in [0.25, 0.3) is 0 Å². The highest BCUT2D eigenvalue weighted by atomic mass is 15.5. The predicted molar refractivity (Wildman–Crippen MR) is 76.8 cm³/mol. The Balaban J connectivity index is 1.88. The van der Waals surface area contributed by atoms with Crippen molar-refractivity contribution in [2.75, 3.05) is 23.7 Å². The van der Waals surface area contributed by atoms with Gasteiger partial charge >= 0.3 is 0 Å². The molecule has 2 N–H and O–H groups in total. The van der Waals surface area contributed by atoms with Crippen LogP contribution in [0.2, 0.25) is 0 Å². The van der Waals surface area contributed by atoms with Crippen LogP contribution in [0.4, 0.5) is 11.9 Å². The van der Waals surface area contributed by atoms with Crippen molar-refractivity contribution >= 4 is 11.9 Å². The van der Waals surface area contributed by atoms with Crippen molar-refractivity contribution < 1.29 is 0 Å². The van der Waals surface area contributed by atoms with Crippen LogP contribution in [0.15, 0.2) is 12.1 Å². The summed E-state index contributed by atoms with van der Waals surface area (Å²) in [6.45, 7) is 3.87. The van der Waals surface area contributed by atoms with Gasteiger partial charge in [-0.3, -0.25) is 0 Å². The maximum atomic E-state index is 5.95. The summed E-state index contributed by atoms with van der Waals surface area (Å²) in [5.41, 5.74) is 6.81. The van der Waals surface area contributed by atoms with Crippen molar-refractivity contribution in [3.05, 3.63) is 17.8 Å². The first-order valence-electron chi connectivity index (χ1n) is 7.02. The molecule has 1 saturated heterocycles. The lowest BCUT2D eigenvalue weighted by Crippen LogP contribution is -2.25. The minimum absolute atomic E-state index is 0.349. The molecule has 2 aromatic heterocycles. The summed E-state index contributed by atoms with van der Waals surface area (Å²) in [5, 5.41) is 12.6. The average molecular weight is 273 g/mol. The van der Waals surface area contributed by atoms with Crippen molar-refractivity contribution in [2.45, 2.75) is 32.6 Å². The molecule has 0 radical (unpaired) electrons. The summed E-state index contributed by atoms with van der Waals surface area (Å²) in [5.74, 6) is 1.64. The largest absolute Gasteiger partial charge is 0.368 e. The first kappa shape index (κ1) is 12.8. The van der Waals surface area contributed by atoms with E-state index in [1.807, 2.05) is 19.1 Å². The van der Waals surface area contributed by atoms with Crippen LogP contribution in [0.5, 0.6) is 0 Å². The van der Waals surface area contributed by atoms with Crippen LogP contribution < -0.4 is 10.6 Å². The zero-order chi connectivity index (χ0) is 13.9. The number of nitrogens with zero attached hydrogens (tertiary/aromatic N) is 6. The predicted octanol–water partition coefficient (Wildman–Crippen LogP) is 1.33. The number of anilines is 2. The Morgan fingerprint density at radius 2 is 1.80 bits per heavy atom. The molecule has 7 nitrogen and oxygen atoms in total. The quantitative estimate of drug-likeness (QED) is 0.888. The molecule has 20 heavy (non-hydrogen) atoms. The summed E-state index contributed by atoms with van der Waals surface area (Å²) < 4.78 is 1.55. The van der Waals surface area contributed by atoms with E-state index >= 15 is 0 Å². The van der Waals surface area contributed by atoms with Crippen LogP contribution in [-0.2, 0) is 0 Å². The molecule has 0 unspecified atom stereocenters. The third-order valence-electron chi connectivity index (χ3n) is 3.51. The fourth-order valence-electron chi connectivity index (χ4n) is 2.39. The lowest BCUT2D eigenvalue weighted by molar-refractivity contribution is 0.726. The van der Waals surface area contributed by atoms with Gasteiger partial charge in [-0.15, -0.1) is 10.2 Å². The molecule has 0 aliphatic carbocycles. The zero-order valence-electron chi connectivity index (χ0n) is 11.7. The maximum absolute atomic E-state index is 5.95. The van der Waals surface area contributed by atoms with E-state index in [-0.39, 0.29) is 0 Å². The van der Waals surface area contributed by atoms with E-state index in [9.17, 15) is 0 Å². The van der Waals surface area contributed by atoms with Crippen LogP contribution in [0.3, 0.4) is 0 Å². The fraction of sp³-hybridized carbons (Fsp3) is 0.538. The van der Waals surface area contributed by atoms with Crippen LogP contribution in [0.1, 0.15) is 31.4 Å². The van der Waals surface area contributed by atoms with Crippen LogP contribution in [0.25, 0.3) is 5.82 Å². The molecule has 1 fully saturated rings. The molecule has 3 rings (SSSR count). The molecule has 0 atom stereocenters. The van der Waals surface area contributed by atoms with Crippen LogP contribution in [-0.4, -0.2) is 38.1 Å². The van der Waals surface area contributed by atoms with Gasteiger partial charge in [-0.05, 0) is 31.9 Å². The molecule has 1 aliphatic rings. The average Bonchev–Trinajstić information content (AvgIpc) is 2.66. The number of hydrogen-bond donors (Lipinski definition) is 1. The van der Waals surface area contributed by atoms with Crippen LogP contribution >= 0.6 is 0 Å². The molecule has 0 aromatic carbocycles. The van der Waals surface area contributed by atoms with E-state index in [0.29, 0.717) is 17.7 Å². The lowest BCUT2D eigenvalue weighted by atomic mass is 10.2. The normalized spacial score (nSPS) is 16.1. The molecule has 0 amide bonds. The Bertz CT molecular complexity index is 567. The van der Waals surface area contributed by atoms with Crippen molar-refractivity contribution in [1.29, 1.82) is 0 Å². The smallest absolute Gasteiger partial charge is 0.247 e. The molecular formula is C13H19N7. The van der Waals surface area contributed by atoms with Gasteiger partial charge in [-0.2, -0.15) is 14.8 Å². The van der Waals surface area contributed by atoms with Gasteiger partial charge in [0.15, 0.2) is 5.82 Å². The molecule has 0 spiro atoms. The summed E-state index contributed by atoms with van der Waals surface area (Å²) in [4.78, 5) is 6.56. The van der Waals surface area contributed by atoms with Gasteiger partial charge in [0, 0.05) is 13.1 Å². The van der Waals surface area contributed by atoms with Gasteiger partial charge in [0.1, 0.15) is 0 Å². The highest BCUT2D eigenvalue weighted by Gasteiger charge is 2.17. The van der Waals surface area contributed by atoms with Crippen molar-refractivity contribution in [3.8, 4) is 5.82 Å². The van der Waals surface area contributed by atoms with Crippen LogP contribution in [0, 0.1) is 6.92 Å². The first-order chi connectivity index (χ1) is 9.74. The Morgan fingerprint density at radius 3 is 2.45 bits per heavy atom. The van der Waals surface area contributed by atoms with E-state index in [1.165, 1.54) is 25.7 Å². The lowest BCUT2D eigenvalue weighted by Gasteiger charge is -2.17. The molecule has 7 heteroatoms. The third-order valence-corrected chi connectivity index (χ3v) is 3.51. The second-order valence-corrected chi connectivity index (χ2v) is 5.12. The van der Waals surface area contributed by atoms with E-state index in [4.69, 9.17) is 5.73 Å². The minimum atomic E-state index is 0.349. The number of nitrogen functional groups attached to an aromatic ring is 1. The van der Waals surface area contributed by atoms with Gasteiger partial charge in [-0.1, -0.05) is 12.8 Å². The van der Waals surface area contributed by atoms with E-state index in [1.54, 1.807) is 4.68 Å². The minimum Gasteiger partial charge on any atom is -0.368 e.